The van der Waals surface area contributed by atoms with Gasteiger partial charge in [-0.15, -0.1) is 0 Å². The Morgan fingerprint density at radius 3 is 0.846 bits per heavy atom. The lowest BCUT2D eigenvalue weighted by atomic mass is 10.0. The third-order valence-electron chi connectivity index (χ3n) is 29.9. The molecule has 0 unspecified atom stereocenters. The second-order valence-corrected chi connectivity index (χ2v) is 38.3. The monoisotopic (exact) mass is 1900 g/mol. The number of nitrogens with zero attached hydrogens (tertiary/aromatic N) is 12. The predicted octanol–water partition coefficient (Wildman–Crippen LogP) is 34.9. The van der Waals surface area contributed by atoms with Gasteiger partial charge >= 0.3 is 0 Å². The van der Waals surface area contributed by atoms with Crippen LogP contribution in [-0.4, -0.2) is 57.3 Å². The number of benzene rings is 22. The fourth-order valence-electron chi connectivity index (χ4n) is 23.2. The van der Waals surface area contributed by atoms with Crippen molar-refractivity contribution in [3.05, 3.63) is 510 Å². The molecule has 0 N–H and O–H groups in total. The van der Waals surface area contributed by atoms with Crippen LogP contribution in [0.25, 0.3) is 287 Å². The molecule has 0 spiro atoms. The van der Waals surface area contributed by atoms with E-state index in [0.29, 0.717) is 0 Å². The number of hydrogen-bond donors (Lipinski definition) is 0. The SMILES string of the molecule is c1ccc(-c2ccc3c4cc(-n5c6ccccc6c6c7ccccc7ccc65)ccc4n(-c4nc5ccccc5nc4-c4ccccc4)c3c2)cc1.c1ccc(-c2ccc3c4cc(-n5c6ccccc6c6ccccc65)ccc4n(-c4nc5ccccc5nc4-c4ccccc4)c3c2)cc1.c1ccc(-c2nc3ccccc3nc2-n2c3ccccc3c3cc(-n4c5ccccc5c5c6oc7ccccc7c6ccc54)ccc32)cc1. The van der Waals surface area contributed by atoms with Crippen molar-refractivity contribution in [3.8, 4) is 90.5 Å². The van der Waals surface area contributed by atoms with Gasteiger partial charge in [0.15, 0.2) is 17.5 Å². The fourth-order valence-corrected chi connectivity index (χ4v) is 23.2. The first-order valence-electron chi connectivity index (χ1n) is 50.5. The van der Waals surface area contributed by atoms with Gasteiger partial charge < -0.3 is 18.1 Å². The molecule has 149 heavy (non-hydrogen) atoms. The molecule has 0 radical (unpaired) electrons. The summed E-state index contributed by atoms with van der Waals surface area (Å²) in [6, 6.07) is 180. The molecule has 0 amide bonds. The molecule has 0 fully saturated rings. The summed E-state index contributed by atoms with van der Waals surface area (Å²) in [6.45, 7) is 0. The first-order valence-corrected chi connectivity index (χ1v) is 50.5. The van der Waals surface area contributed by atoms with Gasteiger partial charge in [-0.2, -0.15) is 0 Å². The first kappa shape index (κ1) is 84.4. The lowest BCUT2D eigenvalue weighted by Crippen LogP contribution is -2.04. The molecule has 694 valence electrons. The zero-order valence-corrected chi connectivity index (χ0v) is 80.3. The van der Waals surface area contributed by atoms with Crippen LogP contribution in [0, 0.1) is 0 Å². The van der Waals surface area contributed by atoms with Crippen LogP contribution in [0.4, 0.5) is 0 Å². The van der Waals surface area contributed by atoms with E-state index in [9.17, 15) is 0 Å². The molecular weight excluding hydrogens is 1820 g/mol. The highest BCUT2D eigenvalue weighted by molar-refractivity contribution is 6.26. The van der Waals surface area contributed by atoms with E-state index in [4.69, 9.17) is 34.3 Å². The Morgan fingerprint density at radius 1 is 0.148 bits per heavy atom. The first-order chi connectivity index (χ1) is 73.9. The molecule has 10 aromatic heterocycles. The molecule has 0 saturated heterocycles. The van der Waals surface area contributed by atoms with Gasteiger partial charge in [0.1, 0.15) is 28.2 Å². The van der Waals surface area contributed by atoms with E-state index in [2.05, 4.69) is 434 Å². The van der Waals surface area contributed by atoms with Crippen LogP contribution in [0.1, 0.15) is 0 Å². The normalized spacial score (nSPS) is 11.9. The maximum atomic E-state index is 6.55. The second-order valence-electron chi connectivity index (χ2n) is 38.3. The number of hydrogen-bond acceptors (Lipinski definition) is 7. The van der Waals surface area contributed by atoms with Gasteiger partial charge in [-0.1, -0.05) is 352 Å². The van der Waals surface area contributed by atoms with Crippen LogP contribution < -0.4 is 0 Å². The van der Waals surface area contributed by atoms with Crippen LogP contribution >= 0.6 is 0 Å². The molecule has 22 aromatic carbocycles. The average molecular weight is 1900 g/mol. The number of fused-ring (bicyclic) bond motifs is 27. The van der Waals surface area contributed by atoms with Gasteiger partial charge in [-0.05, 0) is 191 Å². The molecule has 32 rings (SSSR count). The fraction of sp³-hybridized carbons (Fsp3) is 0. The van der Waals surface area contributed by atoms with Gasteiger partial charge in [0.05, 0.1) is 105 Å². The van der Waals surface area contributed by atoms with Gasteiger partial charge in [-0.3, -0.25) is 13.7 Å². The van der Waals surface area contributed by atoms with Crippen molar-refractivity contribution in [1.82, 2.24) is 57.3 Å². The van der Waals surface area contributed by atoms with Crippen molar-refractivity contribution in [1.29, 1.82) is 0 Å². The summed E-state index contributed by atoms with van der Waals surface area (Å²) >= 11 is 0. The van der Waals surface area contributed by atoms with E-state index < -0.39 is 0 Å². The zero-order valence-electron chi connectivity index (χ0n) is 80.3. The van der Waals surface area contributed by atoms with E-state index in [-0.39, 0.29) is 0 Å². The summed E-state index contributed by atoms with van der Waals surface area (Å²) in [5.74, 6) is 2.44. The molecule has 13 nitrogen and oxygen atoms in total. The van der Waals surface area contributed by atoms with E-state index in [0.717, 1.165) is 211 Å². The van der Waals surface area contributed by atoms with Gasteiger partial charge in [-0.25, -0.2) is 29.9 Å². The van der Waals surface area contributed by atoms with Crippen molar-refractivity contribution in [2.24, 2.45) is 0 Å². The summed E-state index contributed by atoms with van der Waals surface area (Å²) in [5, 5.41) is 19.1. The summed E-state index contributed by atoms with van der Waals surface area (Å²) < 4.78 is 20.6. The number of para-hydroxylation sites is 12. The summed E-state index contributed by atoms with van der Waals surface area (Å²) in [4.78, 5) is 31.7. The van der Waals surface area contributed by atoms with Gasteiger partial charge in [0.2, 0.25) is 0 Å². The van der Waals surface area contributed by atoms with Crippen molar-refractivity contribution in [3.63, 3.8) is 0 Å². The van der Waals surface area contributed by atoms with Crippen molar-refractivity contribution >= 4 is 197 Å². The number of aromatic nitrogens is 12. The molecule has 0 bridgehead atoms. The average Bonchev–Trinajstić information content (AvgIpc) is 1.57. The third kappa shape index (κ3) is 13.6. The van der Waals surface area contributed by atoms with E-state index >= 15 is 0 Å². The van der Waals surface area contributed by atoms with Crippen molar-refractivity contribution in [2.75, 3.05) is 0 Å². The molecule has 10 heterocycles. The van der Waals surface area contributed by atoms with Crippen LogP contribution in [0.15, 0.2) is 514 Å². The highest BCUT2D eigenvalue weighted by Gasteiger charge is 2.29. The smallest absolute Gasteiger partial charge is 0.165 e. The van der Waals surface area contributed by atoms with Crippen molar-refractivity contribution in [2.45, 2.75) is 0 Å². The maximum absolute atomic E-state index is 6.55. The van der Waals surface area contributed by atoms with E-state index in [1.165, 1.54) is 76.3 Å². The second kappa shape index (κ2) is 34.2. The number of furan rings is 1. The van der Waals surface area contributed by atoms with E-state index in [1.807, 2.05) is 103 Å². The lowest BCUT2D eigenvalue weighted by molar-refractivity contribution is 0.673. The van der Waals surface area contributed by atoms with Crippen LogP contribution in [0.3, 0.4) is 0 Å². The molecule has 0 atom stereocenters. The van der Waals surface area contributed by atoms with Crippen LogP contribution in [0.5, 0.6) is 0 Å². The Hall–Kier alpha value is -20.3. The summed E-state index contributed by atoms with van der Waals surface area (Å²) in [7, 11) is 0. The third-order valence-corrected chi connectivity index (χ3v) is 29.9. The Balaban J connectivity index is 0.000000103. The van der Waals surface area contributed by atoms with Crippen molar-refractivity contribution < 1.29 is 4.42 Å². The quantitative estimate of drug-likeness (QED) is 0.126. The van der Waals surface area contributed by atoms with Crippen LogP contribution in [0.2, 0.25) is 0 Å². The molecule has 13 heteroatoms. The summed E-state index contributed by atoms with van der Waals surface area (Å²) in [6.07, 6.45) is 0. The predicted molar refractivity (Wildman–Crippen MR) is 617 cm³/mol. The molecule has 0 saturated carbocycles. The van der Waals surface area contributed by atoms with Gasteiger partial charge in [0, 0.05) is 104 Å². The highest BCUT2D eigenvalue weighted by atomic mass is 16.3. The summed E-state index contributed by atoms with van der Waals surface area (Å²) in [5.41, 5.74) is 34.2. The topological polar surface area (TPSA) is 120 Å². The Morgan fingerprint density at radius 2 is 0.423 bits per heavy atom. The lowest BCUT2D eigenvalue weighted by Gasteiger charge is -2.14. The zero-order chi connectivity index (χ0) is 97.8. The largest absolute Gasteiger partial charge is 0.455 e. The minimum Gasteiger partial charge on any atom is -0.455 e. The molecule has 0 aliphatic rings. The minimum absolute atomic E-state index is 0.811. The van der Waals surface area contributed by atoms with Gasteiger partial charge in [0.25, 0.3) is 0 Å². The van der Waals surface area contributed by atoms with Crippen LogP contribution in [-0.2, 0) is 0 Å². The Kier molecular flexibility index (Phi) is 19.4. The molecule has 0 aliphatic heterocycles. The number of rotatable bonds is 11. The minimum atomic E-state index is 0.811. The standard InChI is InChI=1S/C48H30N4.C44H26N4O.C44H28N4/c1-3-13-31(14-4-1)34-23-26-37-39-30-35(51-42-22-12-9-19-38(42)46-36-18-8-7-15-32(36)24-27-44(46)51)25-28-43(39)52(45(37)29-34)48-47(33-16-5-2-6-17-33)49-40-20-10-11-21-41(40)50-48;1-2-12-27(13-3-1)42-44(46-35-18-8-7-17-34(35)45-42)48-36-19-9-4-14-29(36)33-26-28(22-24-38(33)48)47-37-20-10-5-16-32(37)41-39(47)25-23-31-30-15-6-11-21-40(30)49-43(31)41;1-3-13-29(14-4-1)31-23-25-35-36-28-32(47-39-21-11-7-17-33(39)34-18-8-12-22-40(34)47)24-26-41(36)48(42(35)27-31)44-43(30-15-5-2-6-16-30)45-37-19-9-10-20-38(37)46-44/h1-30H;1-26H;1-28H. The molecular formula is C136H84N12O. The molecule has 32 aromatic rings. The highest BCUT2D eigenvalue weighted by Crippen LogP contribution is 2.48. The Bertz CT molecular complexity index is 11000. The Labute approximate surface area is 852 Å². The molecule has 0 aliphatic carbocycles. The van der Waals surface area contributed by atoms with E-state index in [1.54, 1.807) is 0 Å². The maximum Gasteiger partial charge on any atom is 0.165 e.